The first-order chi connectivity index (χ1) is 7.34. The van der Waals surface area contributed by atoms with Crippen LogP contribution in [0, 0.1) is 0 Å². The minimum Gasteiger partial charge on any atom is -0.382 e. The number of H-pyrrole nitrogens is 1. The standard InChI is InChI=1S/C9H12N6/c10-7-5-6(11-12-7)9-14-13-8-3-1-2-4-15(8)9/h5H,1-4H2,(H3,10,11,12). The highest BCUT2D eigenvalue weighted by Gasteiger charge is 2.17. The molecule has 78 valence electrons. The number of anilines is 1. The predicted octanol–water partition coefficient (Wildman–Crippen LogP) is 0.587. The van der Waals surface area contributed by atoms with Gasteiger partial charge in [-0.2, -0.15) is 5.10 Å². The summed E-state index contributed by atoms with van der Waals surface area (Å²) >= 11 is 0. The molecule has 3 N–H and O–H groups in total. The molecular weight excluding hydrogens is 192 g/mol. The maximum absolute atomic E-state index is 5.56. The third-order valence-corrected chi connectivity index (χ3v) is 2.70. The minimum absolute atomic E-state index is 0.484. The maximum atomic E-state index is 5.56. The van der Waals surface area contributed by atoms with Crippen LogP contribution >= 0.6 is 0 Å². The first-order valence-corrected chi connectivity index (χ1v) is 5.08. The van der Waals surface area contributed by atoms with Gasteiger partial charge in [-0.1, -0.05) is 0 Å². The van der Waals surface area contributed by atoms with Crippen LogP contribution in [-0.2, 0) is 13.0 Å². The summed E-state index contributed by atoms with van der Waals surface area (Å²) in [5, 5.41) is 15.1. The van der Waals surface area contributed by atoms with E-state index in [9.17, 15) is 0 Å². The van der Waals surface area contributed by atoms with E-state index >= 15 is 0 Å². The van der Waals surface area contributed by atoms with Gasteiger partial charge >= 0.3 is 0 Å². The summed E-state index contributed by atoms with van der Waals surface area (Å²) in [6.07, 6.45) is 3.39. The Labute approximate surface area is 86.5 Å². The fourth-order valence-corrected chi connectivity index (χ4v) is 1.96. The zero-order valence-electron chi connectivity index (χ0n) is 8.27. The van der Waals surface area contributed by atoms with Crippen molar-refractivity contribution in [2.24, 2.45) is 0 Å². The molecule has 6 heteroatoms. The molecule has 2 aromatic rings. The molecule has 1 aliphatic heterocycles. The van der Waals surface area contributed by atoms with E-state index in [4.69, 9.17) is 5.73 Å². The average molecular weight is 204 g/mol. The Bertz CT molecular complexity index is 483. The van der Waals surface area contributed by atoms with E-state index in [0.29, 0.717) is 5.82 Å². The highest BCUT2D eigenvalue weighted by molar-refractivity contribution is 5.54. The van der Waals surface area contributed by atoms with Crippen LogP contribution in [0.25, 0.3) is 11.5 Å². The number of nitrogens with two attached hydrogens (primary N) is 1. The molecule has 2 aromatic heterocycles. The Morgan fingerprint density at radius 3 is 3.07 bits per heavy atom. The third kappa shape index (κ3) is 1.29. The number of nitrogens with zero attached hydrogens (tertiary/aromatic N) is 4. The van der Waals surface area contributed by atoms with Crippen molar-refractivity contribution >= 4 is 5.82 Å². The lowest BCUT2D eigenvalue weighted by atomic mass is 10.1. The lowest BCUT2D eigenvalue weighted by Crippen LogP contribution is -2.11. The highest BCUT2D eigenvalue weighted by atomic mass is 15.3. The molecule has 3 rings (SSSR count). The smallest absolute Gasteiger partial charge is 0.182 e. The van der Waals surface area contributed by atoms with Crippen LogP contribution in [0.3, 0.4) is 0 Å². The summed E-state index contributed by atoms with van der Waals surface area (Å²) in [5.41, 5.74) is 6.40. The highest BCUT2D eigenvalue weighted by Crippen LogP contribution is 2.21. The Hall–Kier alpha value is -1.85. The summed E-state index contributed by atoms with van der Waals surface area (Å²) in [6.45, 7) is 0.983. The zero-order chi connectivity index (χ0) is 10.3. The molecule has 0 atom stereocenters. The number of nitrogen functional groups attached to an aromatic ring is 1. The molecule has 0 unspecified atom stereocenters. The zero-order valence-corrected chi connectivity index (χ0v) is 8.27. The summed E-state index contributed by atoms with van der Waals surface area (Å²) in [4.78, 5) is 0. The van der Waals surface area contributed by atoms with Crippen molar-refractivity contribution in [1.82, 2.24) is 25.0 Å². The van der Waals surface area contributed by atoms with E-state index in [1.807, 2.05) is 0 Å². The number of aryl methyl sites for hydroxylation is 1. The summed E-state index contributed by atoms with van der Waals surface area (Å²) in [7, 11) is 0. The molecule has 0 saturated carbocycles. The molecule has 0 bridgehead atoms. The largest absolute Gasteiger partial charge is 0.382 e. The van der Waals surface area contributed by atoms with E-state index in [1.165, 1.54) is 12.8 Å². The molecule has 3 heterocycles. The van der Waals surface area contributed by atoms with Crippen molar-refractivity contribution < 1.29 is 0 Å². The molecule has 15 heavy (non-hydrogen) atoms. The number of fused-ring (bicyclic) bond motifs is 1. The molecule has 0 saturated heterocycles. The quantitative estimate of drug-likeness (QED) is 0.711. The van der Waals surface area contributed by atoms with Gasteiger partial charge in [-0.3, -0.25) is 5.10 Å². The van der Waals surface area contributed by atoms with E-state index < -0.39 is 0 Å². The van der Waals surface area contributed by atoms with Crippen LogP contribution in [0.15, 0.2) is 6.07 Å². The lowest BCUT2D eigenvalue weighted by Gasteiger charge is -2.13. The van der Waals surface area contributed by atoms with Crippen LogP contribution in [0.1, 0.15) is 18.7 Å². The molecule has 0 fully saturated rings. The van der Waals surface area contributed by atoms with Crippen molar-refractivity contribution in [2.45, 2.75) is 25.8 Å². The van der Waals surface area contributed by atoms with Gasteiger partial charge in [-0.25, -0.2) is 0 Å². The summed E-state index contributed by atoms with van der Waals surface area (Å²) < 4.78 is 2.14. The SMILES string of the molecule is Nc1cc(-c2nnc3n2CCCC3)[nH]n1. The van der Waals surface area contributed by atoms with Gasteiger partial charge in [0.05, 0.1) is 0 Å². The fraction of sp³-hybridized carbons (Fsp3) is 0.444. The number of aromatic nitrogens is 5. The Balaban J connectivity index is 2.08. The molecule has 0 aromatic carbocycles. The van der Waals surface area contributed by atoms with Crippen molar-refractivity contribution in [3.05, 3.63) is 11.9 Å². The van der Waals surface area contributed by atoms with Crippen molar-refractivity contribution in [3.63, 3.8) is 0 Å². The van der Waals surface area contributed by atoms with Gasteiger partial charge in [0.25, 0.3) is 0 Å². The molecular formula is C9H12N6. The second-order valence-corrected chi connectivity index (χ2v) is 3.76. The number of aromatic amines is 1. The van der Waals surface area contributed by atoms with Crippen LogP contribution in [-0.4, -0.2) is 25.0 Å². The van der Waals surface area contributed by atoms with Gasteiger partial charge in [0.2, 0.25) is 0 Å². The number of hydrogen-bond donors (Lipinski definition) is 2. The normalized spacial score (nSPS) is 15.2. The summed E-state index contributed by atoms with van der Waals surface area (Å²) in [5.74, 6) is 2.39. The van der Waals surface area contributed by atoms with Gasteiger partial charge in [-0.15, -0.1) is 10.2 Å². The predicted molar refractivity (Wildman–Crippen MR) is 55.0 cm³/mol. The minimum atomic E-state index is 0.484. The summed E-state index contributed by atoms with van der Waals surface area (Å²) in [6, 6.07) is 1.78. The Kier molecular flexibility index (Phi) is 1.74. The van der Waals surface area contributed by atoms with Crippen LogP contribution in [0.4, 0.5) is 5.82 Å². The number of nitrogens with one attached hydrogen (secondary N) is 1. The van der Waals surface area contributed by atoms with Crippen molar-refractivity contribution in [3.8, 4) is 11.5 Å². The maximum Gasteiger partial charge on any atom is 0.182 e. The molecule has 0 amide bonds. The second-order valence-electron chi connectivity index (χ2n) is 3.76. The fourth-order valence-electron chi connectivity index (χ4n) is 1.96. The van der Waals surface area contributed by atoms with Crippen LogP contribution in [0.2, 0.25) is 0 Å². The third-order valence-electron chi connectivity index (χ3n) is 2.70. The average Bonchev–Trinajstić information content (AvgIpc) is 2.83. The van der Waals surface area contributed by atoms with E-state index in [1.54, 1.807) is 6.07 Å². The number of rotatable bonds is 1. The Morgan fingerprint density at radius 1 is 1.33 bits per heavy atom. The monoisotopic (exact) mass is 204 g/mol. The van der Waals surface area contributed by atoms with E-state index in [2.05, 4.69) is 25.0 Å². The van der Waals surface area contributed by atoms with Crippen molar-refractivity contribution in [2.75, 3.05) is 5.73 Å². The molecule has 0 spiro atoms. The first kappa shape index (κ1) is 8.46. The van der Waals surface area contributed by atoms with Gasteiger partial charge < -0.3 is 10.3 Å². The molecule has 1 aliphatic rings. The van der Waals surface area contributed by atoms with E-state index in [0.717, 1.165) is 30.3 Å². The van der Waals surface area contributed by atoms with Gasteiger partial charge in [0.1, 0.15) is 17.3 Å². The van der Waals surface area contributed by atoms with Gasteiger partial charge in [0, 0.05) is 19.0 Å². The van der Waals surface area contributed by atoms with Crippen LogP contribution < -0.4 is 5.73 Å². The van der Waals surface area contributed by atoms with Gasteiger partial charge in [-0.05, 0) is 12.8 Å². The van der Waals surface area contributed by atoms with Crippen molar-refractivity contribution in [1.29, 1.82) is 0 Å². The second kappa shape index (κ2) is 3.08. The topological polar surface area (TPSA) is 85.4 Å². The first-order valence-electron chi connectivity index (χ1n) is 5.08. The lowest BCUT2D eigenvalue weighted by molar-refractivity contribution is 0.525. The van der Waals surface area contributed by atoms with Crippen LogP contribution in [0.5, 0.6) is 0 Å². The Morgan fingerprint density at radius 2 is 2.27 bits per heavy atom. The molecule has 6 nitrogen and oxygen atoms in total. The molecule has 0 aliphatic carbocycles. The number of hydrogen-bond acceptors (Lipinski definition) is 4. The van der Waals surface area contributed by atoms with Gasteiger partial charge in [0.15, 0.2) is 5.82 Å². The van der Waals surface area contributed by atoms with E-state index in [-0.39, 0.29) is 0 Å². The molecule has 0 radical (unpaired) electrons.